The maximum Gasteiger partial charge on any atom is 0.206 e. The average Bonchev–Trinajstić information content (AvgIpc) is 2.73. The van der Waals surface area contributed by atoms with Crippen LogP contribution in [-0.2, 0) is 16.4 Å². The summed E-state index contributed by atoms with van der Waals surface area (Å²) in [6.07, 6.45) is 1.65. The molecule has 0 radical (unpaired) electrons. The third-order valence-corrected chi connectivity index (χ3v) is 6.12. The van der Waals surface area contributed by atoms with Gasteiger partial charge in [0.1, 0.15) is 18.2 Å². The van der Waals surface area contributed by atoms with E-state index < -0.39 is 9.84 Å². The molecule has 0 amide bonds. The lowest BCUT2D eigenvalue weighted by Crippen LogP contribution is -2.02. The molecule has 0 unspecified atom stereocenters. The molecule has 140 valence electrons. The number of hydrogen-bond donors (Lipinski definition) is 0. The molecule has 0 spiro atoms. The van der Waals surface area contributed by atoms with Crippen LogP contribution in [-0.4, -0.2) is 13.4 Å². The molecule has 0 aliphatic heterocycles. The maximum absolute atomic E-state index is 13.8. The van der Waals surface area contributed by atoms with Crippen molar-refractivity contribution in [1.82, 2.24) is 4.98 Å². The van der Waals surface area contributed by atoms with E-state index in [0.717, 1.165) is 0 Å². The molecule has 4 nitrogen and oxygen atoms in total. The van der Waals surface area contributed by atoms with Gasteiger partial charge in [-0.25, -0.2) is 12.8 Å². The molecule has 0 aliphatic carbocycles. The summed E-state index contributed by atoms with van der Waals surface area (Å²) in [7, 11) is -3.57. The van der Waals surface area contributed by atoms with Gasteiger partial charge < -0.3 is 4.74 Å². The fourth-order valence-corrected chi connectivity index (χ4v) is 4.23. The van der Waals surface area contributed by atoms with E-state index in [1.807, 2.05) is 0 Å². The molecule has 4 aromatic rings. The fraction of sp³-hybridized carbons (Fsp3) is 0.0455. The summed E-state index contributed by atoms with van der Waals surface area (Å²) in [6.45, 7) is 0.121. The summed E-state index contributed by atoms with van der Waals surface area (Å²) in [6, 6.07) is 20.8. The van der Waals surface area contributed by atoms with E-state index >= 15 is 0 Å². The van der Waals surface area contributed by atoms with Crippen LogP contribution in [0.3, 0.4) is 0 Å². The molecule has 0 saturated heterocycles. The summed E-state index contributed by atoms with van der Waals surface area (Å²) < 4.78 is 44.8. The number of nitrogens with zero attached hydrogens (tertiary/aromatic N) is 1. The third kappa shape index (κ3) is 3.59. The first-order valence-corrected chi connectivity index (χ1v) is 10.1. The van der Waals surface area contributed by atoms with Crippen molar-refractivity contribution in [3.63, 3.8) is 0 Å². The van der Waals surface area contributed by atoms with Gasteiger partial charge in [-0.15, -0.1) is 0 Å². The average molecular weight is 393 g/mol. The Morgan fingerprint density at radius 1 is 0.857 bits per heavy atom. The minimum absolute atomic E-state index is 0.121. The van der Waals surface area contributed by atoms with Crippen molar-refractivity contribution in [3.05, 3.63) is 96.4 Å². The molecule has 6 heteroatoms. The second-order valence-electron chi connectivity index (χ2n) is 6.22. The van der Waals surface area contributed by atoms with E-state index in [0.29, 0.717) is 22.2 Å². The molecule has 0 bridgehead atoms. The summed E-state index contributed by atoms with van der Waals surface area (Å²) in [5.41, 5.74) is 1.30. The lowest BCUT2D eigenvalue weighted by Gasteiger charge is -2.10. The molecule has 4 rings (SSSR count). The van der Waals surface area contributed by atoms with Gasteiger partial charge in [-0.1, -0.05) is 24.3 Å². The van der Waals surface area contributed by atoms with E-state index in [4.69, 9.17) is 4.74 Å². The van der Waals surface area contributed by atoms with Crippen LogP contribution in [0, 0.1) is 5.82 Å². The molecule has 0 fully saturated rings. The van der Waals surface area contributed by atoms with Crippen LogP contribution in [0.4, 0.5) is 4.39 Å². The standard InChI is InChI=1S/C22H16FNO3S/c23-18-13-16-5-4-12-24-22(16)17(14-18)15-27-19-8-10-21(11-9-19)28(25,26)20-6-2-1-3-7-20/h1-14H,15H2. The molecule has 0 atom stereocenters. The lowest BCUT2D eigenvalue weighted by atomic mass is 10.1. The molecule has 0 N–H and O–H groups in total. The van der Waals surface area contributed by atoms with Gasteiger partial charge in [-0.05, 0) is 54.6 Å². The first-order chi connectivity index (χ1) is 13.5. The highest BCUT2D eigenvalue weighted by atomic mass is 32.2. The number of sulfone groups is 1. The summed E-state index contributed by atoms with van der Waals surface area (Å²) in [5, 5.41) is 0.699. The van der Waals surface area contributed by atoms with Gasteiger partial charge in [0.2, 0.25) is 9.84 Å². The molecule has 0 saturated carbocycles. The minimum Gasteiger partial charge on any atom is -0.489 e. The van der Waals surface area contributed by atoms with Gasteiger partial charge in [0.25, 0.3) is 0 Å². The van der Waals surface area contributed by atoms with Gasteiger partial charge in [-0.3, -0.25) is 4.98 Å². The molecular weight excluding hydrogens is 377 g/mol. The van der Waals surface area contributed by atoms with Crippen LogP contribution < -0.4 is 4.74 Å². The Hall–Kier alpha value is -3.25. The third-order valence-electron chi connectivity index (χ3n) is 4.33. The van der Waals surface area contributed by atoms with Crippen molar-refractivity contribution in [2.75, 3.05) is 0 Å². The molecule has 0 aliphatic rings. The predicted molar refractivity (Wildman–Crippen MR) is 104 cm³/mol. The van der Waals surface area contributed by atoms with E-state index in [1.54, 1.807) is 60.8 Å². The Balaban J connectivity index is 1.55. The predicted octanol–water partition coefficient (Wildman–Crippen LogP) is 4.79. The second-order valence-corrected chi connectivity index (χ2v) is 8.17. The number of ether oxygens (including phenoxy) is 1. The highest BCUT2D eigenvalue weighted by molar-refractivity contribution is 7.91. The van der Waals surface area contributed by atoms with Crippen LogP contribution in [0.5, 0.6) is 5.75 Å². The van der Waals surface area contributed by atoms with Crippen molar-refractivity contribution in [2.24, 2.45) is 0 Å². The van der Waals surface area contributed by atoms with Crippen LogP contribution in [0.1, 0.15) is 5.56 Å². The van der Waals surface area contributed by atoms with E-state index in [-0.39, 0.29) is 22.2 Å². The molecule has 1 heterocycles. The van der Waals surface area contributed by atoms with Crippen molar-refractivity contribution >= 4 is 20.7 Å². The van der Waals surface area contributed by atoms with Gasteiger partial charge in [0.05, 0.1) is 15.3 Å². The monoisotopic (exact) mass is 393 g/mol. The smallest absolute Gasteiger partial charge is 0.206 e. The highest BCUT2D eigenvalue weighted by Gasteiger charge is 2.17. The summed E-state index contributed by atoms with van der Waals surface area (Å²) in [4.78, 5) is 4.71. The minimum atomic E-state index is -3.57. The Kier molecular flexibility index (Phi) is 4.79. The topological polar surface area (TPSA) is 56.3 Å². The van der Waals surface area contributed by atoms with Gasteiger partial charge in [-0.2, -0.15) is 0 Å². The Morgan fingerprint density at radius 2 is 1.57 bits per heavy atom. The van der Waals surface area contributed by atoms with Gasteiger partial charge >= 0.3 is 0 Å². The first-order valence-electron chi connectivity index (χ1n) is 8.60. The number of fused-ring (bicyclic) bond motifs is 1. The number of pyridine rings is 1. The molecule has 1 aromatic heterocycles. The number of rotatable bonds is 5. The Morgan fingerprint density at radius 3 is 2.32 bits per heavy atom. The van der Waals surface area contributed by atoms with E-state index in [9.17, 15) is 12.8 Å². The Labute approximate surface area is 162 Å². The quantitative estimate of drug-likeness (QED) is 0.489. The van der Waals surface area contributed by atoms with Crippen molar-refractivity contribution in [3.8, 4) is 5.75 Å². The summed E-state index contributed by atoms with van der Waals surface area (Å²) >= 11 is 0. The molecular formula is C22H16FNO3S. The van der Waals surface area contributed by atoms with Crippen molar-refractivity contribution in [1.29, 1.82) is 0 Å². The van der Waals surface area contributed by atoms with E-state index in [1.165, 1.54) is 24.3 Å². The Bertz CT molecular complexity index is 1220. The van der Waals surface area contributed by atoms with Gasteiger partial charge in [0, 0.05) is 17.1 Å². The lowest BCUT2D eigenvalue weighted by molar-refractivity contribution is 0.306. The number of aromatic nitrogens is 1. The van der Waals surface area contributed by atoms with Crippen LogP contribution >= 0.6 is 0 Å². The fourth-order valence-electron chi connectivity index (χ4n) is 2.95. The summed E-state index contributed by atoms with van der Waals surface area (Å²) in [5.74, 6) is 0.128. The van der Waals surface area contributed by atoms with E-state index in [2.05, 4.69) is 4.98 Å². The zero-order valence-electron chi connectivity index (χ0n) is 14.7. The number of benzene rings is 3. The zero-order chi connectivity index (χ0) is 19.6. The van der Waals surface area contributed by atoms with Crippen LogP contribution in [0.2, 0.25) is 0 Å². The first kappa shape index (κ1) is 18.1. The SMILES string of the molecule is O=S(=O)(c1ccccc1)c1ccc(OCc2cc(F)cc3cccnc23)cc1. The van der Waals surface area contributed by atoms with Crippen molar-refractivity contribution < 1.29 is 17.5 Å². The highest BCUT2D eigenvalue weighted by Crippen LogP contribution is 2.24. The van der Waals surface area contributed by atoms with Crippen LogP contribution in [0.15, 0.2) is 94.9 Å². The normalized spacial score (nSPS) is 11.5. The second kappa shape index (κ2) is 7.40. The number of halogens is 1. The number of hydrogen-bond acceptors (Lipinski definition) is 4. The van der Waals surface area contributed by atoms with Gasteiger partial charge in [0.15, 0.2) is 0 Å². The largest absolute Gasteiger partial charge is 0.489 e. The maximum atomic E-state index is 13.8. The zero-order valence-corrected chi connectivity index (χ0v) is 15.6. The van der Waals surface area contributed by atoms with Crippen LogP contribution in [0.25, 0.3) is 10.9 Å². The van der Waals surface area contributed by atoms with Crippen molar-refractivity contribution in [2.45, 2.75) is 16.4 Å². The molecule has 28 heavy (non-hydrogen) atoms. The molecule has 3 aromatic carbocycles.